The molecule has 2 rings (SSSR count). The minimum absolute atomic E-state index is 0. The Balaban J connectivity index is 0.000000980. The maximum atomic E-state index is 5.08. The standard InChI is InChI=1S/C10H8N2O.2Cu/c1-2-6-11-10(5-1)12-8-9-4-3-7-13-9;;/h1-8H;;/q;2*+2/b12-8+;;. The van der Waals surface area contributed by atoms with Crippen LogP contribution >= 0.6 is 0 Å². The van der Waals surface area contributed by atoms with E-state index < -0.39 is 0 Å². The zero-order valence-corrected chi connectivity index (χ0v) is 9.41. The average Bonchev–Trinajstić information content (AvgIpc) is 2.69. The van der Waals surface area contributed by atoms with Gasteiger partial charge in [0.2, 0.25) is 0 Å². The third-order valence-corrected chi connectivity index (χ3v) is 1.52. The molecule has 0 bridgehead atoms. The van der Waals surface area contributed by atoms with Crippen molar-refractivity contribution in [2.24, 2.45) is 4.99 Å². The molecule has 5 heteroatoms. The van der Waals surface area contributed by atoms with E-state index in [4.69, 9.17) is 4.42 Å². The fourth-order valence-electron chi connectivity index (χ4n) is 0.925. The third-order valence-electron chi connectivity index (χ3n) is 1.52. The molecule has 3 nitrogen and oxygen atoms in total. The van der Waals surface area contributed by atoms with Crippen molar-refractivity contribution >= 4 is 12.0 Å². The van der Waals surface area contributed by atoms with Crippen LogP contribution in [0.5, 0.6) is 0 Å². The molecule has 0 N–H and O–H groups in total. The number of nitrogens with zero attached hydrogens (tertiary/aromatic N) is 2. The second-order valence-electron chi connectivity index (χ2n) is 2.46. The van der Waals surface area contributed by atoms with Crippen molar-refractivity contribution in [1.82, 2.24) is 4.98 Å². The van der Waals surface area contributed by atoms with Gasteiger partial charge in [-0.15, -0.1) is 0 Å². The summed E-state index contributed by atoms with van der Waals surface area (Å²) in [6.45, 7) is 0. The minimum Gasteiger partial charge on any atom is -0.463 e. The van der Waals surface area contributed by atoms with Gasteiger partial charge in [-0.1, -0.05) is 6.07 Å². The van der Waals surface area contributed by atoms with Gasteiger partial charge in [0.25, 0.3) is 0 Å². The van der Waals surface area contributed by atoms with Gasteiger partial charge < -0.3 is 4.42 Å². The van der Waals surface area contributed by atoms with E-state index in [1.165, 1.54) is 0 Å². The fourth-order valence-corrected chi connectivity index (χ4v) is 0.925. The van der Waals surface area contributed by atoms with Gasteiger partial charge >= 0.3 is 34.1 Å². The van der Waals surface area contributed by atoms with Crippen LogP contribution in [-0.4, -0.2) is 11.2 Å². The summed E-state index contributed by atoms with van der Waals surface area (Å²) in [6.07, 6.45) is 4.96. The molecule has 2 radical (unpaired) electrons. The molecule has 0 amide bonds. The molecule has 0 fully saturated rings. The first-order valence-corrected chi connectivity index (χ1v) is 3.94. The smallest absolute Gasteiger partial charge is 0.463 e. The summed E-state index contributed by atoms with van der Waals surface area (Å²) < 4.78 is 5.08. The van der Waals surface area contributed by atoms with Crippen LogP contribution in [0.3, 0.4) is 0 Å². The van der Waals surface area contributed by atoms with Gasteiger partial charge in [-0.2, -0.15) is 0 Å². The van der Waals surface area contributed by atoms with Crippen LogP contribution in [0.1, 0.15) is 5.76 Å². The largest absolute Gasteiger partial charge is 2.00 e. The second-order valence-corrected chi connectivity index (χ2v) is 2.46. The van der Waals surface area contributed by atoms with Gasteiger partial charge in [-0.25, -0.2) is 9.98 Å². The molecule has 15 heavy (non-hydrogen) atoms. The minimum atomic E-state index is 0. The van der Waals surface area contributed by atoms with E-state index in [1.807, 2.05) is 30.3 Å². The van der Waals surface area contributed by atoms with Crippen molar-refractivity contribution in [3.8, 4) is 0 Å². The summed E-state index contributed by atoms with van der Waals surface area (Å²) in [5.41, 5.74) is 0. The van der Waals surface area contributed by atoms with Gasteiger partial charge in [0.15, 0.2) is 5.82 Å². The SMILES string of the molecule is C(=N\c1ccccn1)/c1ccco1.[Cu+2].[Cu+2]. The number of hydrogen-bond acceptors (Lipinski definition) is 3. The van der Waals surface area contributed by atoms with Crippen LogP contribution < -0.4 is 0 Å². The summed E-state index contributed by atoms with van der Waals surface area (Å²) in [6, 6.07) is 9.24. The molecule has 0 aliphatic carbocycles. The summed E-state index contributed by atoms with van der Waals surface area (Å²) in [5, 5.41) is 0. The number of rotatable bonds is 2. The van der Waals surface area contributed by atoms with Crippen molar-refractivity contribution in [3.63, 3.8) is 0 Å². The predicted octanol–water partition coefficient (Wildman–Crippen LogP) is 2.42. The molecule has 0 atom stereocenters. The Labute approximate surface area is 109 Å². The first-order chi connectivity index (χ1) is 6.45. The summed E-state index contributed by atoms with van der Waals surface area (Å²) in [4.78, 5) is 8.16. The van der Waals surface area contributed by atoms with Gasteiger partial charge in [-0.05, 0) is 24.3 Å². The molecule has 82 valence electrons. The van der Waals surface area contributed by atoms with Gasteiger partial charge in [0, 0.05) is 6.20 Å². The monoisotopic (exact) mass is 298 g/mol. The molecular weight excluding hydrogens is 291 g/mol. The van der Waals surface area contributed by atoms with Crippen LogP contribution in [0, 0.1) is 0 Å². The Morgan fingerprint density at radius 1 is 1.13 bits per heavy atom. The molecule has 2 aromatic heterocycles. The first kappa shape index (κ1) is 14.1. The van der Waals surface area contributed by atoms with E-state index in [0.29, 0.717) is 5.82 Å². The van der Waals surface area contributed by atoms with Crippen molar-refractivity contribution < 1.29 is 38.6 Å². The maximum absolute atomic E-state index is 5.08. The maximum Gasteiger partial charge on any atom is 2.00 e. The Hall–Kier alpha value is -0.861. The van der Waals surface area contributed by atoms with Crippen molar-refractivity contribution in [2.75, 3.05) is 0 Å². The van der Waals surface area contributed by atoms with Gasteiger partial charge in [0.05, 0.1) is 12.5 Å². The number of aliphatic imine (C=N–C) groups is 1. The molecule has 0 unspecified atom stereocenters. The summed E-state index contributed by atoms with van der Waals surface area (Å²) in [7, 11) is 0. The Bertz CT molecular complexity index is 387. The Morgan fingerprint density at radius 2 is 2.00 bits per heavy atom. The molecule has 0 aliphatic rings. The number of aromatic nitrogens is 1. The molecule has 0 spiro atoms. The zero-order valence-electron chi connectivity index (χ0n) is 7.52. The molecule has 0 aliphatic heterocycles. The van der Waals surface area contributed by atoms with E-state index >= 15 is 0 Å². The van der Waals surface area contributed by atoms with Crippen LogP contribution in [0.4, 0.5) is 5.82 Å². The number of furan rings is 1. The number of pyridine rings is 1. The zero-order chi connectivity index (χ0) is 8.93. The first-order valence-electron chi connectivity index (χ1n) is 3.94. The van der Waals surface area contributed by atoms with Crippen molar-refractivity contribution in [3.05, 3.63) is 48.6 Å². The van der Waals surface area contributed by atoms with Crippen LogP contribution in [0.25, 0.3) is 0 Å². The van der Waals surface area contributed by atoms with Crippen molar-refractivity contribution in [1.29, 1.82) is 0 Å². The van der Waals surface area contributed by atoms with Crippen LogP contribution in [-0.2, 0) is 34.1 Å². The van der Waals surface area contributed by atoms with E-state index in [2.05, 4.69) is 9.98 Å². The normalized spacial score (nSPS) is 9.33. The molecule has 0 aromatic carbocycles. The van der Waals surface area contributed by atoms with E-state index in [9.17, 15) is 0 Å². The average molecular weight is 299 g/mol. The topological polar surface area (TPSA) is 38.4 Å². The quantitative estimate of drug-likeness (QED) is 0.631. The third kappa shape index (κ3) is 4.45. The van der Waals surface area contributed by atoms with E-state index in [0.717, 1.165) is 5.76 Å². The molecule has 0 saturated heterocycles. The summed E-state index contributed by atoms with van der Waals surface area (Å²) in [5.74, 6) is 1.41. The van der Waals surface area contributed by atoms with Crippen LogP contribution in [0.2, 0.25) is 0 Å². The van der Waals surface area contributed by atoms with Gasteiger partial charge in [0.1, 0.15) is 5.76 Å². The predicted molar refractivity (Wildman–Crippen MR) is 50.2 cm³/mol. The van der Waals surface area contributed by atoms with Crippen molar-refractivity contribution in [2.45, 2.75) is 0 Å². The molecular formula is C10H8Cu2N2O+4. The molecule has 2 aromatic rings. The second kappa shape index (κ2) is 7.43. The Kier molecular flexibility index (Phi) is 7.01. The molecule has 0 saturated carbocycles. The fraction of sp³-hybridized carbons (Fsp3) is 0. The van der Waals surface area contributed by atoms with Gasteiger partial charge in [-0.3, -0.25) is 0 Å². The van der Waals surface area contributed by atoms with Crippen LogP contribution in [0.15, 0.2) is 52.2 Å². The van der Waals surface area contributed by atoms with E-state index in [-0.39, 0.29) is 34.1 Å². The Morgan fingerprint density at radius 3 is 2.60 bits per heavy atom. The summed E-state index contributed by atoms with van der Waals surface area (Å²) >= 11 is 0. The number of hydrogen-bond donors (Lipinski definition) is 0. The molecule has 2 heterocycles. The van der Waals surface area contributed by atoms with E-state index in [1.54, 1.807) is 18.7 Å².